The Bertz CT molecular complexity index is 751. The summed E-state index contributed by atoms with van der Waals surface area (Å²) in [4.78, 5) is 16.5. The first-order valence-corrected chi connectivity index (χ1v) is 8.48. The number of thiazole rings is 1. The summed E-state index contributed by atoms with van der Waals surface area (Å²) in [5.74, 6) is -4.29. The molecule has 0 saturated heterocycles. The van der Waals surface area contributed by atoms with Gasteiger partial charge in [-0.05, 0) is 18.9 Å². The third-order valence-electron chi connectivity index (χ3n) is 4.50. The van der Waals surface area contributed by atoms with Crippen LogP contribution in [-0.4, -0.2) is 10.9 Å². The van der Waals surface area contributed by atoms with Gasteiger partial charge in [0.15, 0.2) is 22.6 Å². The summed E-state index contributed by atoms with van der Waals surface area (Å²) in [6.07, 6.45) is 5.81. The monoisotopic (exact) mass is 342 g/mol. The zero-order chi connectivity index (χ0) is 16.6. The van der Waals surface area contributed by atoms with Gasteiger partial charge >= 0.3 is 0 Å². The van der Waals surface area contributed by atoms with Crippen molar-refractivity contribution in [2.45, 2.75) is 45.4 Å². The highest BCUT2D eigenvalue weighted by Gasteiger charge is 2.34. The molecule has 23 heavy (non-hydrogen) atoms. The quantitative estimate of drug-likeness (QED) is 0.615. The van der Waals surface area contributed by atoms with Crippen LogP contribution in [0.25, 0.3) is 10.2 Å². The smallest absolute Gasteiger partial charge is 0.232 e. The number of benzene rings is 1. The van der Waals surface area contributed by atoms with Crippen LogP contribution in [0.15, 0.2) is 6.07 Å². The fourth-order valence-corrected chi connectivity index (χ4v) is 3.89. The molecule has 1 amide bonds. The molecule has 1 saturated carbocycles. The maximum Gasteiger partial charge on any atom is 0.232 e. The van der Waals surface area contributed by atoms with Crippen LogP contribution in [0, 0.1) is 22.9 Å². The number of hydrogen-bond donors (Lipinski definition) is 1. The molecule has 1 aliphatic rings. The molecule has 1 aromatic carbocycles. The van der Waals surface area contributed by atoms with Crippen LogP contribution in [0.4, 0.5) is 18.3 Å². The van der Waals surface area contributed by atoms with Gasteiger partial charge in [0, 0.05) is 5.41 Å². The molecule has 0 aliphatic heterocycles. The summed E-state index contributed by atoms with van der Waals surface area (Å²) in [5, 5.41) is 2.86. The van der Waals surface area contributed by atoms with Crippen molar-refractivity contribution in [1.29, 1.82) is 0 Å². The van der Waals surface area contributed by atoms with Crippen molar-refractivity contribution in [3.05, 3.63) is 23.5 Å². The highest BCUT2D eigenvalue weighted by molar-refractivity contribution is 7.22. The van der Waals surface area contributed by atoms with Crippen molar-refractivity contribution in [1.82, 2.24) is 4.98 Å². The molecule has 1 aliphatic carbocycles. The van der Waals surface area contributed by atoms with E-state index in [9.17, 15) is 18.0 Å². The number of nitrogens with one attached hydrogen (secondary N) is 1. The number of anilines is 1. The van der Waals surface area contributed by atoms with Crippen LogP contribution in [0.5, 0.6) is 0 Å². The van der Waals surface area contributed by atoms with Crippen molar-refractivity contribution in [2.24, 2.45) is 5.41 Å². The number of aromatic nitrogens is 1. The van der Waals surface area contributed by atoms with E-state index in [1.807, 2.05) is 6.92 Å². The molecule has 0 atom stereocenters. The van der Waals surface area contributed by atoms with Gasteiger partial charge < -0.3 is 5.32 Å². The zero-order valence-corrected chi connectivity index (χ0v) is 13.5. The normalized spacial score (nSPS) is 17.9. The predicted molar refractivity (Wildman–Crippen MR) is 83.9 cm³/mol. The summed E-state index contributed by atoms with van der Waals surface area (Å²) in [5.41, 5.74) is -0.737. The Morgan fingerprint density at radius 3 is 2.48 bits per heavy atom. The summed E-state index contributed by atoms with van der Waals surface area (Å²) >= 11 is 0.941. The third-order valence-corrected chi connectivity index (χ3v) is 5.42. The molecule has 3 rings (SSSR count). The van der Waals surface area contributed by atoms with Crippen molar-refractivity contribution in [3.63, 3.8) is 0 Å². The largest absolute Gasteiger partial charge is 0.301 e. The van der Waals surface area contributed by atoms with E-state index >= 15 is 0 Å². The lowest BCUT2D eigenvalue weighted by molar-refractivity contribution is -0.125. The summed E-state index contributed by atoms with van der Waals surface area (Å²) < 4.78 is 40.4. The third kappa shape index (κ3) is 3.06. The molecule has 7 heteroatoms. The first-order valence-electron chi connectivity index (χ1n) is 7.66. The Kier molecular flexibility index (Phi) is 4.31. The molecule has 0 spiro atoms. The van der Waals surface area contributed by atoms with Gasteiger partial charge in [0.2, 0.25) is 5.91 Å². The SMILES string of the molecule is CC1(C(=O)Nc2nc3c(F)c(F)c(F)cc3s2)CCCCCC1. The number of carbonyl (C=O) groups is 1. The molecule has 1 N–H and O–H groups in total. The minimum absolute atomic E-state index is 0.166. The van der Waals surface area contributed by atoms with Crippen LogP contribution < -0.4 is 5.32 Å². The van der Waals surface area contributed by atoms with Crippen LogP contribution in [0.2, 0.25) is 0 Å². The lowest BCUT2D eigenvalue weighted by Gasteiger charge is -2.25. The number of rotatable bonds is 2. The standard InChI is InChI=1S/C16H17F3N2OS/c1-16(6-4-2-3-5-7-16)14(22)21-15-20-13-10(23-15)8-9(17)11(18)12(13)19/h8H,2-7H2,1H3,(H,20,21,22). The lowest BCUT2D eigenvalue weighted by atomic mass is 9.82. The maximum absolute atomic E-state index is 13.7. The van der Waals surface area contributed by atoms with Gasteiger partial charge in [0.25, 0.3) is 0 Å². The lowest BCUT2D eigenvalue weighted by Crippen LogP contribution is -2.33. The number of carbonyl (C=O) groups excluding carboxylic acids is 1. The Morgan fingerprint density at radius 2 is 1.83 bits per heavy atom. The van der Waals surface area contributed by atoms with E-state index in [2.05, 4.69) is 10.3 Å². The van der Waals surface area contributed by atoms with Crippen LogP contribution in [-0.2, 0) is 4.79 Å². The average Bonchev–Trinajstić information content (AvgIpc) is 2.76. The molecule has 0 bridgehead atoms. The van der Waals surface area contributed by atoms with Crippen molar-refractivity contribution in [2.75, 3.05) is 5.32 Å². The highest BCUT2D eigenvalue weighted by atomic mass is 32.1. The number of hydrogen-bond acceptors (Lipinski definition) is 3. The molecular weight excluding hydrogens is 325 g/mol. The Labute approximate surface area is 135 Å². The van der Waals surface area contributed by atoms with E-state index in [1.54, 1.807) is 0 Å². The van der Waals surface area contributed by atoms with Gasteiger partial charge in [-0.15, -0.1) is 0 Å². The fourth-order valence-electron chi connectivity index (χ4n) is 3.01. The van der Waals surface area contributed by atoms with Crippen molar-refractivity contribution >= 4 is 32.6 Å². The van der Waals surface area contributed by atoms with Gasteiger partial charge in [-0.1, -0.05) is 43.9 Å². The number of nitrogens with zero attached hydrogens (tertiary/aromatic N) is 1. The number of halogens is 3. The maximum atomic E-state index is 13.7. The van der Waals surface area contributed by atoms with Crippen molar-refractivity contribution < 1.29 is 18.0 Å². The molecule has 1 fully saturated rings. The number of fused-ring (bicyclic) bond motifs is 1. The van der Waals surface area contributed by atoms with E-state index in [0.29, 0.717) is 0 Å². The Morgan fingerprint density at radius 1 is 1.17 bits per heavy atom. The van der Waals surface area contributed by atoms with E-state index in [4.69, 9.17) is 0 Å². The minimum atomic E-state index is -1.54. The summed E-state index contributed by atoms with van der Waals surface area (Å²) in [6.45, 7) is 1.92. The second kappa shape index (κ2) is 6.11. The van der Waals surface area contributed by atoms with Gasteiger partial charge in [-0.3, -0.25) is 4.79 Å². The van der Waals surface area contributed by atoms with E-state index in [1.165, 1.54) is 0 Å². The van der Waals surface area contributed by atoms with Crippen LogP contribution in [0.3, 0.4) is 0 Å². The Balaban J connectivity index is 1.86. The first kappa shape index (κ1) is 16.2. The zero-order valence-electron chi connectivity index (χ0n) is 12.7. The predicted octanol–water partition coefficient (Wildman–Crippen LogP) is 5.01. The first-order chi connectivity index (χ1) is 10.9. The molecule has 0 unspecified atom stereocenters. The highest BCUT2D eigenvalue weighted by Crippen LogP contribution is 2.37. The number of amides is 1. The minimum Gasteiger partial charge on any atom is -0.301 e. The molecule has 124 valence electrons. The molecule has 1 aromatic heterocycles. The van der Waals surface area contributed by atoms with Crippen LogP contribution in [0.1, 0.15) is 45.4 Å². The molecule has 3 nitrogen and oxygen atoms in total. The van der Waals surface area contributed by atoms with E-state index < -0.39 is 22.9 Å². The van der Waals surface area contributed by atoms with Crippen LogP contribution >= 0.6 is 11.3 Å². The summed E-state index contributed by atoms with van der Waals surface area (Å²) in [7, 11) is 0. The fraction of sp³-hybridized carbons (Fsp3) is 0.500. The topological polar surface area (TPSA) is 42.0 Å². The van der Waals surface area contributed by atoms with Gasteiger partial charge in [0.1, 0.15) is 5.52 Å². The van der Waals surface area contributed by atoms with Crippen molar-refractivity contribution in [3.8, 4) is 0 Å². The molecule has 1 heterocycles. The Hall–Kier alpha value is -1.63. The van der Waals surface area contributed by atoms with E-state index in [0.717, 1.165) is 55.9 Å². The van der Waals surface area contributed by atoms with Gasteiger partial charge in [-0.2, -0.15) is 0 Å². The molecule has 2 aromatic rings. The second-order valence-corrected chi connectivity index (χ2v) is 7.31. The molecule has 0 radical (unpaired) electrons. The second-order valence-electron chi connectivity index (χ2n) is 6.28. The summed E-state index contributed by atoms with van der Waals surface area (Å²) in [6, 6.07) is 0.897. The van der Waals surface area contributed by atoms with Gasteiger partial charge in [0.05, 0.1) is 4.70 Å². The van der Waals surface area contributed by atoms with Gasteiger partial charge in [-0.25, -0.2) is 18.2 Å². The molecular formula is C16H17F3N2OS. The van der Waals surface area contributed by atoms with E-state index in [-0.39, 0.29) is 21.3 Å². The average molecular weight is 342 g/mol.